The molecule has 2 aliphatic rings. The predicted molar refractivity (Wildman–Crippen MR) is 133 cm³/mol. The third-order valence-electron chi connectivity index (χ3n) is 5.62. The minimum atomic E-state index is 0.425. The van der Waals surface area contributed by atoms with E-state index in [0.29, 0.717) is 12.3 Å². The molecular formula is C30H27N. The van der Waals surface area contributed by atoms with Gasteiger partial charge in [0.15, 0.2) is 0 Å². The zero-order valence-electron chi connectivity index (χ0n) is 18.0. The second kappa shape index (κ2) is 9.92. The van der Waals surface area contributed by atoms with Gasteiger partial charge in [0.05, 0.1) is 0 Å². The molecule has 1 atom stereocenters. The summed E-state index contributed by atoms with van der Waals surface area (Å²) in [6, 6.07) is 21.4. The first-order valence-electron chi connectivity index (χ1n) is 10.9. The maximum absolute atomic E-state index is 5.42. The molecule has 4 rings (SSSR count). The summed E-state index contributed by atoms with van der Waals surface area (Å²) in [5, 5.41) is 0. The third-order valence-corrected chi connectivity index (χ3v) is 5.62. The molecular weight excluding hydrogens is 374 g/mol. The van der Waals surface area contributed by atoms with Gasteiger partial charge in [0.25, 0.3) is 0 Å². The van der Waals surface area contributed by atoms with Crippen LogP contribution in [0.4, 0.5) is 0 Å². The highest BCUT2D eigenvalue weighted by Crippen LogP contribution is 2.45. The summed E-state index contributed by atoms with van der Waals surface area (Å²) in [5.74, 6) is 3.10. The highest BCUT2D eigenvalue weighted by molar-refractivity contribution is 6.09. The topological polar surface area (TPSA) is 12.4 Å². The summed E-state index contributed by atoms with van der Waals surface area (Å²) in [5.41, 5.74) is 8.96. The van der Waals surface area contributed by atoms with E-state index in [-0.39, 0.29) is 0 Å². The number of aliphatic imine (C=N–C) groups is 1. The van der Waals surface area contributed by atoms with E-state index in [1.54, 1.807) is 0 Å². The van der Waals surface area contributed by atoms with Crippen molar-refractivity contribution in [2.24, 2.45) is 10.9 Å². The zero-order valence-corrected chi connectivity index (χ0v) is 18.0. The van der Waals surface area contributed by atoms with Crippen LogP contribution in [0.15, 0.2) is 113 Å². The monoisotopic (exact) mass is 401 g/mol. The molecule has 0 N–H and O–H groups in total. The molecule has 0 saturated carbocycles. The van der Waals surface area contributed by atoms with E-state index in [1.165, 1.54) is 39.0 Å². The Balaban J connectivity index is 1.95. The van der Waals surface area contributed by atoms with Gasteiger partial charge in [0.1, 0.15) is 0 Å². The molecule has 2 aromatic rings. The second-order valence-electron chi connectivity index (χ2n) is 7.97. The molecule has 1 unspecified atom stereocenters. The van der Waals surface area contributed by atoms with Crippen molar-refractivity contribution in [3.63, 3.8) is 0 Å². The quantitative estimate of drug-likeness (QED) is 0.462. The molecule has 2 aromatic carbocycles. The fourth-order valence-electron chi connectivity index (χ4n) is 4.23. The largest absolute Gasteiger partial charge is 0.268 e. The molecule has 0 amide bonds. The lowest BCUT2D eigenvalue weighted by molar-refractivity contribution is 0.765. The van der Waals surface area contributed by atoms with Crippen LogP contribution in [0.5, 0.6) is 0 Å². The van der Waals surface area contributed by atoms with E-state index < -0.39 is 0 Å². The summed E-state index contributed by atoms with van der Waals surface area (Å²) in [7, 11) is 0. The minimum Gasteiger partial charge on any atom is -0.268 e. The van der Waals surface area contributed by atoms with Crippen LogP contribution >= 0.6 is 0 Å². The van der Waals surface area contributed by atoms with Crippen molar-refractivity contribution >= 4 is 17.4 Å². The summed E-state index contributed by atoms with van der Waals surface area (Å²) in [6.45, 7) is 2.23. The summed E-state index contributed by atoms with van der Waals surface area (Å²) in [4.78, 5) is 4.57. The van der Waals surface area contributed by atoms with Crippen molar-refractivity contribution in [2.45, 2.75) is 26.2 Å². The molecule has 0 bridgehead atoms. The number of terminal acetylenes is 1. The Kier molecular flexibility index (Phi) is 6.60. The van der Waals surface area contributed by atoms with Gasteiger partial charge in [0, 0.05) is 18.8 Å². The number of hydrogen-bond donors (Lipinski definition) is 0. The molecule has 1 heterocycles. The molecule has 0 spiro atoms. The van der Waals surface area contributed by atoms with Gasteiger partial charge in [-0.15, -0.1) is 12.3 Å². The minimum absolute atomic E-state index is 0.425. The van der Waals surface area contributed by atoms with Crippen LogP contribution in [0.2, 0.25) is 0 Å². The van der Waals surface area contributed by atoms with Crippen LogP contribution in [0.1, 0.15) is 37.3 Å². The van der Waals surface area contributed by atoms with E-state index in [0.717, 1.165) is 12.8 Å². The average Bonchev–Trinajstić information content (AvgIpc) is 2.82. The molecule has 0 aromatic heterocycles. The number of rotatable bonds is 5. The molecule has 1 nitrogen and oxygen atoms in total. The lowest BCUT2D eigenvalue weighted by Crippen LogP contribution is -2.11. The van der Waals surface area contributed by atoms with Crippen molar-refractivity contribution in [2.75, 3.05) is 0 Å². The molecule has 0 fully saturated rings. The first-order chi connectivity index (χ1) is 15.3. The molecule has 1 heteroatoms. The Morgan fingerprint density at radius 3 is 2.39 bits per heavy atom. The highest BCUT2D eigenvalue weighted by Gasteiger charge is 2.26. The van der Waals surface area contributed by atoms with Gasteiger partial charge in [-0.25, -0.2) is 0 Å². The van der Waals surface area contributed by atoms with Gasteiger partial charge < -0.3 is 0 Å². The van der Waals surface area contributed by atoms with Crippen LogP contribution in [0, 0.1) is 18.3 Å². The number of hydrogen-bond acceptors (Lipinski definition) is 1. The Morgan fingerprint density at radius 1 is 1.00 bits per heavy atom. The number of allylic oxidation sites excluding steroid dienone is 9. The van der Waals surface area contributed by atoms with Crippen LogP contribution in [0.25, 0.3) is 11.1 Å². The smallest absolute Gasteiger partial charge is 0.0302 e. The number of benzene rings is 2. The first kappa shape index (κ1) is 20.6. The number of nitrogens with zero attached hydrogens (tertiary/aromatic N) is 1. The SMILES string of the molecule is C#CC/C=C\C=C1/CC=C(c2ccccc2)C(c2ccccc2)=C1C1=CN=CC(C)C1. The van der Waals surface area contributed by atoms with Crippen LogP contribution in [0.3, 0.4) is 0 Å². The van der Waals surface area contributed by atoms with Crippen molar-refractivity contribution in [3.05, 3.63) is 119 Å². The Labute approximate surface area is 185 Å². The van der Waals surface area contributed by atoms with Gasteiger partial charge in [-0.05, 0) is 57.8 Å². The molecule has 1 aliphatic heterocycles. The van der Waals surface area contributed by atoms with E-state index in [2.05, 4.69) is 96.7 Å². The predicted octanol–water partition coefficient (Wildman–Crippen LogP) is 7.43. The second-order valence-corrected chi connectivity index (χ2v) is 7.97. The van der Waals surface area contributed by atoms with E-state index in [1.807, 2.05) is 18.5 Å². The Bertz CT molecular complexity index is 1150. The van der Waals surface area contributed by atoms with Crippen molar-refractivity contribution in [3.8, 4) is 12.3 Å². The van der Waals surface area contributed by atoms with Crippen molar-refractivity contribution in [1.82, 2.24) is 0 Å². The van der Waals surface area contributed by atoms with Crippen LogP contribution in [-0.4, -0.2) is 6.21 Å². The van der Waals surface area contributed by atoms with Crippen LogP contribution < -0.4 is 0 Å². The molecule has 0 saturated heterocycles. The summed E-state index contributed by atoms with van der Waals surface area (Å²) >= 11 is 0. The summed E-state index contributed by atoms with van der Waals surface area (Å²) in [6.07, 6.45) is 20.7. The van der Waals surface area contributed by atoms with E-state index >= 15 is 0 Å². The van der Waals surface area contributed by atoms with E-state index in [4.69, 9.17) is 6.42 Å². The Hall–Kier alpha value is -3.63. The Morgan fingerprint density at radius 2 is 1.71 bits per heavy atom. The van der Waals surface area contributed by atoms with Crippen LogP contribution in [-0.2, 0) is 0 Å². The van der Waals surface area contributed by atoms with Gasteiger partial charge in [-0.3, -0.25) is 4.99 Å². The molecule has 1 aliphatic carbocycles. The maximum atomic E-state index is 5.42. The van der Waals surface area contributed by atoms with Gasteiger partial charge >= 0.3 is 0 Å². The third kappa shape index (κ3) is 4.76. The lowest BCUT2D eigenvalue weighted by Gasteiger charge is -2.28. The van der Waals surface area contributed by atoms with Gasteiger partial charge in [-0.2, -0.15) is 0 Å². The molecule has 0 radical (unpaired) electrons. The van der Waals surface area contributed by atoms with Gasteiger partial charge in [-0.1, -0.05) is 91.9 Å². The van der Waals surface area contributed by atoms with Crippen molar-refractivity contribution < 1.29 is 0 Å². The lowest BCUT2D eigenvalue weighted by atomic mass is 9.76. The van der Waals surface area contributed by atoms with Gasteiger partial charge in [0.2, 0.25) is 0 Å². The average molecular weight is 402 g/mol. The zero-order chi connectivity index (χ0) is 21.5. The molecule has 31 heavy (non-hydrogen) atoms. The highest BCUT2D eigenvalue weighted by atomic mass is 14.7. The first-order valence-corrected chi connectivity index (χ1v) is 10.9. The maximum Gasteiger partial charge on any atom is 0.0302 e. The summed E-state index contributed by atoms with van der Waals surface area (Å²) < 4.78 is 0. The normalized spacial score (nSPS) is 20.0. The van der Waals surface area contributed by atoms with E-state index in [9.17, 15) is 0 Å². The fourth-order valence-corrected chi connectivity index (χ4v) is 4.23. The standard InChI is InChI=1S/C30H27N/c1-3-4-5-8-17-26-18-19-28(24-13-9-6-10-14-24)30(25-15-11-7-12-16-25)29(26)27-20-23(2)21-31-22-27/h1,5-17,19,21-23H,4,18,20H2,2H3/b8-5-,26-17+. The van der Waals surface area contributed by atoms with Crippen molar-refractivity contribution in [1.29, 1.82) is 0 Å². The fraction of sp³-hybridized carbons (Fsp3) is 0.167. The molecule has 152 valence electrons.